The summed E-state index contributed by atoms with van der Waals surface area (Å²) in [6.45, 7) is 1.23. The minimum absolute atomic E-state index is 0.00898. The van der Waals surface area contributed by atoms with E-state index in [1.165, 1.54) is 23.5 Å². The maximum atomic E-state index is 13.6. The molecule has 4 aromatic rings. The smallest absolute Gasteiger partial charge is 0.278 e. The van der Waals surface area contributed by atoms with Gasteiger partial charge in [0.05, 0.1) is 5.69 Å². The Morgan fingerprint density at radius 2 is 1.97 bits per heavy atom. The zero-order chi connectivity index (χ0) is 20.5. The summed E-state index contributed by atoms with van der Waals surface area (Å²) in [5.41, 5.74) is 1.99. The van der Waals surface area contributed by atoms with Crippen molar-refractivity contribution in [1.82, 2.24) is 15.0 Å². The van der Waals surface area contributed by atoms with Crippen molar-refractivity contribution in [2.24, 2.45) is 0 Å². The maximum absolute atomic E-state index is 13.6. The lowest BCUT2D eigenvalue weighted by atomic mass is 9.91. The van der Waals surface area contributed by atoms with Crippen LogP contribution in [0.25, 0.3) is 11.0 Å². The van der Waals surface area contributed by atoms with Crippen LogP contribution in [0.1, 0.15) is 34.8 Å². The number of rotatable bonds is 4. The van der Waals surface area contributed by atoms with Crippen molar-refractivity contribution in [2.75, 3.05) is 13.1 Å². The second-order valence-electron chi connectivity index (χ2n) is 7.20. The van der Waals surface area contributed by atoms with E-state index in [4.69, 9.17) is 9.26 Å². The van der Waals surface area contributed by atoms with Gasteiger partial charge >= 0.3 is 0 Å². The van der Waals surface area contributed by atoms with E-state index >= 15 is 0 Å². The Labute approximate surface area is 175 Å². The first-order valence-electron chi connectivity index (χ1n) is 9.69. The van der Waals surface area contributed by atoms with Crippen molar-refractivity contribution in [2.45, 2.75) is 18.8 Å². The second kappa shape index (κ2) is 7.87. The molecule has 0 atom stereocenters. The lowest BCUT2D eigenvalue weighted by molar-refractivity contribution is 0.0712. The van der Waals surface area contributed by atoms with Gasteiger partial charge in [0.25, 0.3) is 11.1 Å². The number of carbonyl (C=O) groups is 1. The number of hydrogen-bond donors (Lipinski definition) is 0. The number of piperidine rings is 1. The van der Waals surface area contributed by atoms with E-state index in [9.17, 15) is 9.18 Å². The van der Waals surface area contributed by atoms with Crippen molar-refractivity contribution in [1.29, 1.82) is 0 Å². The number of nitrogens with zero attached hydrogens (tertiary/aromatic N) is 3. The Morgan fingerprint density at radius 3 is 2.70 bits per heavy atom. The molecule has 152 valence electrons. The van der Waals surface area contributed by atoms with Gasteiger partial charge in [0.2, 0.25) is 0 Å². The van der Waals surface area contributed by atoms with Crippen LogP contribution in [0.15, 0.2) is 58.6 Å². The van der Waals surface area contributed by atoms with E-state index < -0.39 is 0 Å². The minimum Gasteiger partial charge on any atom is -0.431 e. The van der Waals surface area contributed by atoms with Crippen molar-refractivity contribution in [3.05, 3.63) is 71.1 Å². The predicted molar refractivity (Wildman–Crippen MR) is 110 cm³/mol. The molecule has 1 aliphatic heterocycles. The molecular formula is C22H18FN3O3S. The number of benzene rings is 2. The summed E-state index contributed by atoms with van der Waals surface area (Å²) in [5, 5.41) is 7.29. The highest BCUT2D eigenvalue weighted by atomic mass is 32.1. The molecule has 1 amide bonds. The number of halogens is 1. The third-order valence-corrected chi connectivity index (χ3v) is 5.99. The van der Waals surface area contributed by atoms with Crippen LogP contribution in [0.3, 0.4) is 0 Å². The van der Waals surface area contributed by atoms with Gasteiger partial charge in [-0.1, -0.05) is 16.5 Å². The highest BCUT2D eigenvalue weighted by Gasteiger charge is 2.28. The molecule has 6 nitrogen and oxygen atoms in total. The van der Waals surface area contributed by atoms with Crippen LogP contribution in [0.2, 0.25) is 0 Å². The van der Waals surface area contributed by atoms with Crippen molar-refractivity contribution < 1.29 is 18.4 Å². The van der Waals surface area contributed by atoms with Gasteiger partial charge in [0, 0.05) is 41.5 Å². The third-order valence-electron chi connectivity index (χ3n) is 5.34. The number of fused-ring (bicyclic) bond motifs is 1. The van der Waals surface area contributed by atoms with Crippen LogP contribution in [0.4, 0.5) is 4.39 Å². The van der Waals surface area contributed by atoms with Crippen molar-refractivity contribution >= 4 is 28.2 Å². The normalized spacial score (nSPS) is 14.9. The van der Waals surface area contributed by atoms with Crippen molar-refractivity contribution in [3.8, 4) is 10.9 Å². The first kappa shape index (κ1) is 18.7. The van der Waals surface area contributed by atoms with Gasteiger partial charge in [-0.2, -0.15) is 0 Å². The third kappa shape index (κ3) is 3.66. The SMILES string of the molecule is O=C(c1ccc(Oc2nccs2)cc1)N1CCC(c2noc3ccc(F)cc23)CC1. The molecule has 3 heterocycles. The molecule has 8 heteroatoms. The number of amides is 1. The monoisotopic (exact) mass is 423 g/mol. The quantitative estimate of drug-likeness (QED) is 0.449. The largest absolute Gasteiger partial charge is 0.431 e. The Balaban J connectivity index is 1.23. The van der Waals surface area contributed by atoms with Gasteiger partial charge in [-0.25, -0.2) is 9.37 Å². The van der Waals surface area contributed by atoms with E-state index in [0.717, 1.165) is 23.9 Å². The summed E-state index contributed by atoms with van der Waals surface area (Å²) in [6.07, 6.45) is 3.20. The molecule has 2 aromatic heterocycles. The van der Waals surface area contributed by atoms with Crippen LogP contribution < -0.4 is 4.74 Å². The van der Waals surface area contributed by atoms with Gasteiger partial charge in [0.15, 0.2) is 5.58 Å². The van der Waals surface area contributed by atoms with Crippen LogP contribution in [-0.2, 0) is 0 Å². The molecule has 0 saturated carbocycles. The van der Waals surface area contributed by atoms with Crippen LogP contribution in [0.5, 0.6) is 10.9 Å². The Morgan fingerprint density at radius 1 is 1.17 bits per heavy atom. The molecular weight excluding hydrogens is 405 g/mol. The molecule has 0 N–H and O–H groups in total. The minimum atomic E-state index is -0.304. The summed E-state index contributed by atoms with van der Waals surface area (Å²) in [5.74, 6) is 0.476. The molecule has 0 aliphatic carbocycles. The van der Waals surface area contributed by atoms with Crippen molar-refractivity contribution in [3.63, 3.8) is 0 Å². The first-order chi connectivity index (χ1) is 14.7. The molecule has 0 spiro atoms. The van der Waals surface area contributed by atoms with E-state index in [0.29, 0.717) is 35.2 Å². The van der Waals surface area contributed by atoms with Gasteiger partial charge in [-0.15, -0.1) is 0 Å². The maximum Gasteiger partial charge on any atom is 0.278 e. The predicted octanol–water partition coefficient (Wildman–Crippen LogP) is 5.24. The topological polar surface area (TPSA) is 68.5 Å². The molecule has 30 heavy (non-hydrogen) atoms. The molecule has 2 aromatic carbocycles. The Bertz CT molecular complexity index is 1170. The fraction of sp³-hybridized carbons (Fsp3) is 0.227. The second-order valence-corrected chi connectivity index (χ2v) is 8.06. The number of hydrogen-bond acceptors (Lipinski definition) is 6. The lowest BCUT2D eigenvalue weighted by Gasteiger charge is -2.31. The summed E-state index contributed by atoms with van der Waals surface area (Å²) in [4.78, 5) is 18.8. The number of aromatic nitrogens is 2. The zero-order valence-corrected chi connectivity index (χ0v) is 16.8. The number of likely N-dealkylation sites (tertiary alicyclic amines) is 1. The zero-order valence-electron chi connectivity index (χ0n) is 16.0. The number of ether oxygens (including phenoxy) is 1. The summed E-state index contributed by atoms with van der Waals surface area (Å²) < 4.78 is 24.6. The van der Waals surface area contributed by atoms with Gasteiger partial charge in [0.1, 0.15) is 11.6 Å². The molecule has 0 bridgehead atoms. The van der Waals surface area contributed by atoms with Gasteiger partial charge < -0.3 is 14.2 Å². The van der Waals surface area contributed by atoms with E-state index in [1.54, 1.807) is 36.5 Å². The Hall–Kier alpha value is -3.26. The van der Waals surface area contributed by atoms with Crippen LogP contribution in [0, 0.1) is 5.82 Å². The highest BCUT2D eigenvalue weighted by Crippen LogP contribution is 2.33. The molecule has 1 saturated heterocycles. The fourth-order valence-electron chi connectivity index (χ4n) is 3.79. The highest BCUT2D eigenvalue weighted by molar-refractivity contribution is 7.11. The average Bonchev–Trinajstić information content (AvgIpc) is 3.43. The molecule has 5 rings (SSSR count). The number of thiazole rings is 1. The molecule has 1 aliphatic rings. The average molecular weight is 423 g/mol. The van der Waals surface area contributed by atoms with E-state index in [2.05, 4.69) is 10.1 Å². The molecule has 0 unspecified atom stereocenters. The first-order valence-corrected chi connectivity index (χ1v) is 10.6. The van der Waals surface area contributed by atoms with E-state index in [1.807, 2.05) is 10.3 Å². The van der Waals surface area contributed by atoms with E-state index in [-0.39, 0.29) is 17.6 Å². The number of carbonyl (C=O) groups excluding carboxylic acids is 1. The summed E-state index contributed by atoms with van der Waals surface area (Å²) >= 11 is 1.41. The Kier molecular flexibility index (Phi) is 4.92. The van der Waals surface area contributed by atoms with Gasteiger partial charge in [-0.3, -0.25) is 4.79 Å². The fourth-order valence-corrected chi connectivity index (χ4v) is 4.29. The van der Waals surface area contributed by atoms with Crippen LogP contribution in [-0.4, -0.2) is 34.0 Å². The summed E-state index contributed by atoms with van der Waals surface area (Å²) in [6, 6.07) is 11.5. The summed E-state index contributed by atoms with van der Waals surface area (Å²) in [7, 11) is 0. The lowest BCUT2D eigenvalue weighted by Crippen LogP contribution is -2.38. The van der Waals surface area contributed by atoms with Gasteiger partial charge in [-0.05, 0) is 55.3 Å². The van der Waals surface area contributed by atoms with Crippen LogP contribution >= 0.6 is 11.3 Å². The molecule has 1 fully saturated rings. The molecule has 0 radical (unpaired) electrons. The standard InChI is InChI=1S/C22H18FN3O3S/c23-16-3-6-19-18(13-16)20(25-29-19)14-7-10-26(11-8-14)21(27)15-1-4-17(5-2-15)28-22-24-9-12-30-22/h1-6,9,12-14H,7-8,10-11H2.